The number of hydrogen-bond acceptors (Lipinski definition) is 2. The minimum Gasteiger partial charge on any atom is -0.385 e. The van der Waals surface area contributed by atoms with E-state index in [-0.39, 0.29) is 11.7 Å². The Morgan fingerprint density at radius 3 is 2.37 bits per heavy atom. The third kappa shape index (κ3) is 2.07. The summed E-state index contributed by atoms with van der Waals surface area (Å²) in [6.07, 6.45) is -0.933. The fourth-order valence-electron chi connectivity index (χ4n) is 2.80. The Morgan fingerprint density at radius 1 is 1.00 bits per heavy atom. The first-order chi connectivity index (χ1) is 9.09. The number of aliphatic hydroxyl groups is 1. The summed E-state index contributed by atoms with van der Waals surface area (Å²) in [6, 6.07) is 17.8. The monoisotopic (exact) mass is 254 g/mol. The Bertz CT molecular complexity index is 575. The molecule has 1 aliphatic rings. The van der Waals surface area contributed by atoms with Crippen molar-refractivity contribution in [1.82, 2.24) is 0 Å². The maximum atomic E-state index is 10.6. The third-order valence-corrected chi connectivity index (χ3v) is 3.77. The average Bonchev–Trinajstić information content (AvgIpc) is 2.72. The van der Waals surface area contributed by atoms with Gasteiger partial charge in [-0.25, -0.2) is 0 Å². The van der Waals surface area contributed by atoms with Gasteiger partial charge in [-0.05, 0) is 30.5 Å². The predicted octanol–water partition coefficient (Wildman–Crippen LogP) is 3.73. The fourth-order valence-corrected chi connectivity index (χ4v) is 2.80. The molecule has 0 amide bonds. The zero-order chi connectivity index (χ0) is 13.5. The van der Waals surface area contributed by atoms with Gasteiger partial charge in [-0.3, -0.25) is 0 Å². The molecule has 0 saturated carbocycles. The Balaban J connectivity index is 2.00. The van der Waals surface area contributed by atoms with E-state index in [0.29, 0.717) is 0 Å². The standard InChI is InChI=1S/C17H18O2/c1-17(2)14-11-7-6-10-13(14)16(19-17)15(18)12-8-4-3-5-9-12/h3-11,15-16,18H,1-2H3/t15-,16+/m1/s1. The second-order valence-corrected chi connectivity index (χ2v) is 5.49. The van der Waals surface area contributed by atoms with Crippen molar-refractivity contribution in [3.05, 3.63) is 71.3 Å². The van der Waals surface area contributed by atoms with Crippen molar-refractivity contribution in [2.75, 3.05) is 0 Å². The van der Waals surface area contributed by atoms with E-state index >= 15 is 0 Å². The highest BCUT2D eigenvalue weighted by molar-refractivity contribution is 5.39. The average molecular weight is 254 g/mol. The molecule has 2 nitrogen and oxygen atoms in total. The lowest BCUT2D eigenvalue weighted by Gasteiger charge is -2.23. The van der Waals surface area contributed by atoms with Crippen LogP contribution in [0.4, 0.5) is 0 Å². The van der Waals surface area contributed by atoms with Crippen LogP contribution in [-0.2, 0) is 10.3 Å². The smallest absolute Gasteiger partial charge is 0.114 e. The van der Waals surface area contributed by atoms with Crippen molar-refractivity contribution >= 4 is 0 Å². The van der Waals surface area contributed by atoms with Gasteiger partial charge >= 0.3 is 0 Å². The molecule has 0 aromatic heterocycles. The van der Waals surface area contributed by atoms with Crippen LogP contribution in [0, 0.1) is 0 Å². The maximum Gasteiger partial charge on any atom is 0.114 e. The molecule has 2 heteroatoms. The number of rotatable bonds is 2. The van der Waals surface area contributed by atoms with Crippen molar-refractivity contribution in [2.24, 2.45) is 0 Å². The molecule has 0 aliphatic carbocycles. The largest absolute Gasteiger partial charge is 0.385 e. The highest BCUT2D eigenvalue weighted by atomic mass is 16.5. The minimum absolute atomic E-state index is 0.298. The lowest BCUT2D eigenvalue weighted by Crippen LogP contribution is -2.18. The number of ether oxygens (including phenoxy) is 1. The van der Waals surface area contributed by atoms with Gasteiger partial charge in [-0.2, -0.15) is 0 Å². The zero-order valence-electron chi connectivity index (χ0n) is 11.2. The molecule has 1 N–H and O–H groups in total. The minimum atomic E-state index is -0.635. The lowest BCUT2D eigenvalue weighted by molar-refractivity contribution is -0.105. The van der Waals surface area contributed by atoms with E-state index in [1.807, 2.05) is 62.4 Å². The molecule has 3 rings (SSSR count). The molecule has 0 unspecified atom stereocenters. The summed E-state index contributed by atoms with van der Waals surface area (Å²) in [5, 5.41) is 10.6. The highest BCUT2D eigenvalue weighted by Crippen LogP contribution is 2.47. The summed E-state index contributed by atoms with van der Waals surface area (Å²) in [4.78, 5) is 0. The van der Waals surface area contributed by atoms with Gasteiger partial charge in [0.2, 0.25) is 0 Å². The van der Waals surface area contributed by atoms with E-state index in [9.17, 15) is 5.11 Å². The first kappa shape index (κ1) is 12.4. The molecule has 0 bridgehead atoms. The molecule has 2 aromatic rings. The molecular formula is C17H18O2. The summed E-state index contributed by atoms with van der Waals surface area (Å²) in [6.45, 7) is 4.09. The summed E-state index contributed by atoms with van der Waals surface area (Å²) >= 11 is 0. The molecule has 19 heavy (non-hydrogen) atoms. The van der Waals surface area contributed by atoms with Crippen molar-refractivity contribution in [3.8, 4) is 0 Å². The number of fused-ring (bicyclic) bond motifs is 1. The maximum absolute atomic E-state index is 10.6. The van der Waals surface area contributed by atoms with Crippen LogP contribution in [0.5, 0.6) is 0 Å². The topological polar surface area (TPSA) is 29.5 Å². The number of hydrogen-bond donors (Lipinski definition) is 1. The number of benzene rings is 2. The van der Waals surface area contributed by atoms with Gasteiger partial charge in [0.05, 0.1) is 5.60 Å². The molecule has 1 aliphatic heterocycles. The van der Waals surface area contributed by atoms with Crippen LogP contribution < -0.4 is 0 Å². The van der Waals surface area contributed by atoms with Crippen molar-refractivity contribution in [1.29, 1.82) is 0 Å². The Kier molecular flexibility index (Phi) is 2.92. The summed E-state index contributed by atoms with van der Waals surface area (Å²) in [7, 11) is 0. The Morgan fingerprint density at radius 2 is 1.63 bits per heavy atom. The van der Waals surface area contributed by atoms with Crippen LogP contribution in [0.2, 0.25) is 0 Å². The third-order valence-electron chi connectivity index (χ3n) is 3.77. The molecule has 0 spiro atoms. The first-order valence-corrected chi connectivity index (χ1v) is 6.60. The summed E-state index contributed by atoms with van der Waals surface area (Å²) in [5.41, 5.74) is 2.79. The molecule has 2 atom stereocenters. The highest BCUT2D eigenvalue weighted by Gasteiger charge is 2.41. The second kappa shape index (κ2) is 4.48. The van der Waals surface area contributed by atoms with Gasteiger partial charge < -0.3 is 9.84 Å². The van der Waals surface area contributed by atoms with E-state index in [2.05, 4.69) is 6.07 Å². The van der Waals surface area contributed by atoms with E-state index in [0.717, 1.165) is 16.7 Å². The van der Waals surface area contributed by atoms with E-state index in [1.165, 1.54) is 0 Å². The van der Waals surface area contributed by atoms with Gasteiger partial charge in [0.1, 0.15) is 12.2 Å². The molecule has 0 fully saturated rings. The number of aliphatic hydroxyl groups excluding tert-OH is 1. The summed E-state index contributed by atoms with van der Waals surface area (Å²) < 4.78 is 6.09. The van der Waals surface area contributed by atoms with Gasteiger partial charge in [-0.1, -0.05) is 54.6 Å². The van der Waals surface area contributed by atoms with E-state index < -0.39 is 6.10 Å². The van der Waals surface area contributed by atoms with E-state index in [1.54, 1.807) is 0 Å². The fraction of sp³-hybridized carbons (Fsp3) is 0.294. The van der Waals surface area contributed by atoms with Crippen molar-refractivity contribution in [2.45, 2.75) is 31.7 Å². The zero-order valence-corrected chi connectivity index (χ0v) is 11.2. The first-order valence-electron chi connectivity index (χ1n) is 6.60. The Labute approximate surface area is 113 Å². The molecule has 2 aromatic carbocycles. The lowest BCUT2D eigenvalue weighted by atomic mass is 9.92. The van der Waals surface area contributed by atoms with Crippen LogP contribution in [-0.4, -0.2) is 5.11 Å². The van der Waals surface area contributed by atoms with Gasteiger partial charge in [0, 0.05) is 0 Å². The van der Waals surface area contributed by atoms with Crippen LogP contribution in [0.25, 0.3) is 0 Å². The molecular weight excluding hydrogens is 236 g/mol. The molecule has 98 valence electrons. The molecule has 1 heterocycles. The second-order valence-electron chi connectivity index (χ2n) is 5.49. The van der Waals surface area contributed by atoms with Crippen molar-refractivity contribution in [3.63, 3.8) is 0 Å². The normalized spacial score (nSPS) is 21.9. The quantitative estimate of drug-likeness (QED) is 0.885. The predicted molar refractivity (Wildman–Crippen MR) is 74.7 cm³/mol. The molecule has 0 saturated heterocycles. The van der Waals surface area contributed by atoms with Gasteiger partial charge in [0.25, 0.3) is 0 Å². The Hall–Kier alpha value is -1.64. The van der Waals surface area contributed by atoms with Crippen molar-refractivity contribution < 1.29 is 9.84 Å². The SMILES string of the molecule is CC1(C)O[C@H]([C@H](O)c2ccccc2)c2ccccc21. The summed E-state index contributed by atoms with van der Waals surface area (Å²) in [5.74, 6) is 0. The van der Waals surface area contributed by atoms with Crippen LogP contribution in [0.3, 0.4) is 0 Å². The van der Waals surface area contributed by atoms with Gasteiger partial charge in [0.15, 0.2) is 0 Å². The van der Waals surface area contributed by atoms with Crippen LogP contribution in [0.1, 0.15) is 42.7 Å². The molecule has 0 radical (unpaired) electrons. The van der Waals surface area contributed by atoms with Gasteiger partial charge in [-0.15, -0.1) is 0 Å². The van der Waals surface area contributed by atoms with E-state index in [4.69, 9.17) is 4.74 Å². The van der Waals surface area contributed by atoms with Crippen LogP contribution >= 0.6 is 0 Å². The van der Waals surface area contributed by atoms with Crippen LogP contribution in [0.15, 0.2) is 54.6 Å².